The van der Waals surface area contributed by atoms with Gasteiger partial charge in [-0.15, -0.1) is 10.2 Å². The van der Waals surface area contributed by atoms with Crippen LogP contribution >= 0.6 is 11.8 Å². The molecule has 0 saturated heterocycles. The molecule has 2 aromatic rings. The summed E-state index contributed by atoms with van der Waals surface area (Å²) in [6.45, 7) is 0. The molecule has 0 aromatic carbocycles. The largest absolute Gasteiger partial charge is 0.305 e. The first-order valence-corrected chi connectivity index (χ1v) is 6.13. The lowest BCUT2D eigenvalue weighted by atomic mass is 10.2. The normalized spacial score (nSPS) is 10.3. The Hall–Kier alpha value is -1.93. The third-order valence-electron chi connectivity index (χ3n) is 2.27. The maximum atomic E-state index is 11.1. The van der Waals surface area contributed by atoms with Gasteiger partial charge in [0.15, 0.2) is 11.0 Å². The van der Waals surface area contributed by atoms with E-state index in [1.165, 1.54) is 11.8 Å². The Bertz CT molecular complexity index is 541. The zero-order valence-electron chi connectivity index (χ0n) is 9.70. The summed E-state index contributed by atoms with van der Waals surface area (Å²) in [5.41, 5.74) is 2.99. The number of nitrogens with zero attached hydrogens (tertiary/aromatic N) is 4. The third kappa shape index (κ3) is 2.66. The molecule has 7 nitrogen and oxygen atoms in total. The Morgan fingerprint density at radius 1 is 1.44 bits per heavy atom. The molecule has 94 valence electrons. The number of carbonyl (C=O) groups is 1. The van der Waals surface area contributed by atoms with E-state index in [0.29, 0.717) is 5.16 Å². The summed E-state index contributed by atoms with van der Waals surface area (Å²) in [4.78, 5) is 15.0. The molecule has 3 N–H and O–H groups in total. The fourth-order valence-corrected chi connectivity index (χ4v) is 2.09. The zero-order valence-corrected chi connectivity index (χ0v) is 10.5. The molecule has 0 aliphatic rings. The zero-order chi connectivity index (χ0) is 13.0. The van der Waals surface area contributed by atoms with Gasteiger partial charge in [0.05, 0.1) is 5.75 Å². The van der Waals surface area contributed by atoms with Gasteiger partial charge in [0.1, 0.15) is 0 Å². The number of carbonyl (C=O) groups excluding carboxylic acids is 1. The molecule has 18 heavy (non-hydrogen) atoms. The van der Waals surface area contributed by atoms with Crippen LogP contribution in [0.4, 0.5) is 0 Å². The number of aromatic nitrogens is 4. The van der Waals surface area contributed by atoms with Crippen LogP contribution in [0.15, 0.2) is 29.7 Å². The van der Waals surface area contributed by atoms with Crippen LogP contribution in [-0.2, 0) is 11.8 Å². The summed E-state index contributed by atoms with van der Waals surface area (Å²) in [5.74, 6) is 5.69. The van der Waals surface area contributed by atoms with Crippen molar-refractivity contribution in [2.75, 3.05) is 5.75 Å². The van der Waals surface area contributed by atoms with Crippen LogP contribution in [0.5, 0.6) is 0 Å². The number of nitrogens with two attached hydrogens (primary N) is 1. The maximum Gasteiger partial charge on any atom is 0.244 e. The number of hydrazine groups is 1. The van der Waals surface area contributed by atoms with Crippen LogP contribution in [0, 0.1) is 0 Å². The van der Waals surface area contributed by atoms with Gasteiger partial charge in [-0.3, -0.25) is 15.2 Å². The van der Waals surface area contributed by atoms with Crippen molar-refractivity contribution in [3.63, 3.8) is 0 Å². The Morgan fingerprint density at radius 3 is 2.83 bits per heavy atom. The molecule has 0 aliphatic heterocycles. The molecule has 1 amide bonds. The van der Waals surface area contributed by atoms with Crippen molar-refractivity contribution in [3.8, 4) is 11.4 Å². The van der Waals surface area contributed by atoms with Gasteiger partial charge < -0.3 is 4.57 Å². The fraction of sp³-hybridized carbons (Fsp3) is 0.200. The van der Waals surface area contributed by atoms with E-state index in [2.05, 4.69) is 20.6 Å². The number of rotatable bonds is 4. The Morgan fingerprint density at radius 2 is 2.17 bits per heavy atom. The summed E-state index contributed by atoms with van der Waals surface area (Å²) >= 11 is 1.28. The minimum absolute atomic E-state index is 0.207. The number of amides is 1. The average Bonchev–Trinajstić information content (AvgIpc) is 2.78. The second-order valence-electron chi connectivity index (χ2n) is 3.46. The van der Waals surface area contributed by atoms with E-state index in [-0.39, 0.29) is 11.7 Å². The minimum atomic E-state index is -0.256. The quantitative estimate of drug-likeness (QED) is 0.348. The van der Waals surface area contributed by atoms with Gasteiger partial charge in [-0.25, -0.2) is 5.84 Å². The highest BCUT2D eigenvalue weighted by Gasteiger charge is 2.12. The summed E-state index contributed by atoms with van der Waals surface area (Å²) in [7, 11) is 1.85. The van der Waals surface area contributed by atoms with Crippen molar-refractivity contribution in [2.45, 2.75) is 5.16 Å². The number of nitrogens with one attached hydrogen (secondary N) is 1. The van der Waals surface area contributed by atoms with Crippen LogP contribution < -0.4 is 11.3 Å². The number of hydrogen-bond donors (Lipinski definition) is 2. The second-order valence-corrected chi connectivity index (χ2v) is 4.40. The lowest BCUT2D eigenvalue weighted by Crippen LogP contribution is -2.31. The van der Waals surface area contributed by atoms with Crippen LogP contribution in [0.25, 0.3) is 11.4 Å². The van der Waals surface area contributed by atoms with E-state index in [1.54, 1.807) is 12.4 Å². The van der Waals surface area contributed by atoms with Crippen LogP contribution in [0.2, 0.25) is 0 Å². The lowest BCUT2D eigenvalue weighted by Gasteiger charge is -2.03. The van der Waals surface area contributed by atoms with Gasteiger partial charge in [0.25, 0.3) is 0 Å². The molecule has 0 unspecified atom stereocenters. The summed E-state index contributed by atoms with van der Waals surface area (Å²) < 4.78 is 1.82. The highest BCUT2D eigenvalue weighted by atomic mass is 32.2. The Balaban J connectivity index is 2.17. The van der Waals surface area contributed by atoms with E-state index >= 15 is 0 Å². The van der Waals surface area contributed by atoms with Gasteiger partial charge in [-0.05, 0) is 12.1 Å². The molecule has 0 radical (unpaired) electrons. The monoisotopic (exact) mass is 264 g/mol. The Kier molecular flexibility index (Phi) is 3.90. The number of thioether (sulfide) groups is 1. The summed E-state index contributed by atoms with van der Waals surface area (Å²) in [6.07, 6.45) is 3.39. The third-order valence-corrected chi connectivity index (χ3v) is 3.29. The SMILES string of the molecule is Cn1c(SCC(=O)NN)nnc1-c1ccncc1. The van der Waals surface area contributed by atoms with Crippen molar-refractivity contribution >= 4 is 17.7 Å². The molecular formula is C10H12N6OS. The molecule has 0 atom stereocenters. The maximum absolute atomic E-state index is 11.1. The first kappa shape index (κ1) is 12.5. The van der Waals surface area contributed by atoms with Gasteiger partial charge in [0, 0.05) is 25.0 Å². The molecule has 2 rings (SSSR count). The summed E-state index contributed by atoms with van der Waals surface area (Å²) in [6, 6.07) is 3.70. The standard InChI is InChI=1S/C10H12N6OS/c1-16-9(7-2-4-12-5-3-7)14-15-10(16)18-6-8(17)13-11/h2-5H,6,11H2,1H3,(H,13,17). The van der Waals surface area contributed by atoms with E-state index in [1.807, 2.05) is 23.7 Å². The first-order valence-electron chi connectivity index (χ1n) is 5.14. The Labute approximate surface area is 108 Å². The molecule has 0 bridgehead atoms. The fourth-order valence-electron chi connectivity index (χ4n) is 1.36. The van der Waals surface area contributed by atoms with Gasteiger partial charge in [-0.1, -0.05) is 11.8 Å². The predicted molar refractivity (Wildman–Crippen MR) is 67.3 cm³/mol. The van der Waals surface area contributed by atoms with Crippen molar-refractivity contribution in [1.29, 1.82) is 0 Å². The highest BCUT2D eigenvalue weighted by Crippen LogP contribution is 2.21. The van der Waals surface area contributed by atoms with E-state index in [9.17, 15) is 4.79 Å². The van der Waals surface area contributed by atoms with Gasteiger partial charge in [-0.2, -0.15) is 0 Å². The topological polar surface area (TPSA) is 98.7 Å². The van der Waals surface area contributed by atoms with Crippen LogP contribution in [0.1, 0.15) is 0 Å². The van der Waals surface area contributed by atoms with Crippen molar-refractivity contribution in [3.05, 3.63) is 24.5 Å². The molecular weight excluding hydrogens is 252 g/mol. The van der Waals surface area contributed by atoms with Crippen LogP contribution in [-0.4, -0.2) is 31.4 Å². The molecule has 0 spiro atoms. The number of pyridine rings is 1. The van der Waals surface area contributed by atoms with Crippen molar-refractivity contribution in [2.24, 2.45) is 12.9 Å². The molecule has 8 heteroatoms. The average molecular weight is 264 g/mol. The van der Waals surface area contributed by atoms with E-state index < -0.39 is 0 Å². The molecule has 2 aromatic heterocycles. The van der Waals surface area contributed by atoms with Crippen molar-refractivity contribution < 1.29 is 4.79 Å². The van der Waals surface area contributed by atoms with Crippen LogP contribution in [0.3, 0.4) is 0 Å². The molecule has 0 saturated carbocycles. The van der Waals surface area contributed by atoms with Crippen molar-refractivity contribution in [1.82, 2.24) is 25.2 Å². The van der Waals surface area contributed by atoms with Gasteiger partial charge >= 0.3 is 0 Å². The minimum Gasteiger partial charge on any atom is -0.305 e. The smallest absolute Gasteiger partial charge is 0.244 e. The lowest BCUT2D eigenvalue weighted by molar-refractivity contribution is -0.118. The van der Waals surface area contributed by atoms with E-state index in [4.69, 9.17) is 5.84 Å². The highest BCUT2D eigenvalue weighted by molar-refractivity contribution is 7.99. The van der Waals surface area contributed by atoms with Gasteiger partial charge in [0.2, 0.25) is 5.91 Å². The summed E-state index contributed by atoms with van der Waals surface area (Å²) in [5, 5.41) is 8.78. The first-order chi connectivity index (χ1) is 8.72. The molecule has 0 aliphatic carbocycles. The van der Waals surface area contributed by atoms with E-state index in [0.717, 1.165) is 11.4 Å². The second kappa shape index (κ2) is 5.61. The molecule has 2 heterocycles. The predicted octanol–water partition coefficient (Wildman–Crippen LogP) is -0.0409. The molecule has 0 fully saturated rings. The number of hydrogen-bond acceptors (Lipinski definition) is 6.